The van der Waals surface area contributed by atoms with Crippen molar-refractivity contribution in [1.82, 2.24) is 9.97 Å². The average molecular weight is 316 g/mol. The summed E-state index contributed by atoms with van der Waals surface area (Å²) in [6.45, 7) is 2.58. The van der Waals surface area contributed by atoms with Gasteiger partial charge in [0.05, 0.1) is 6.54 Å². The summed E-state index contributed by atoms with van der Waals surface area (Å²) >= 11 is 4.79. The van der Waals surface area contributed by atoms with Gasteiger partial charge in [0.15, 0.2) is 11.6 Å². The van der Waals surface area contributed by atoms with Crippen molar-refractivity contribution in [1.29, 1.82) is 0 Å². The molecule has 2 aromatic rings. The smallest absolute Gasteiger partial charge is 0.166 e. The van der Waals surface area contributed by atoms with Crippen LogP contribution >= 0.6 is 27.3 Å². The lowest BCUT2D eigenvalue weighted by Crippen LogP contribution is -2.03. The average Bonchev–Trinajstić information content (AvgIpc) is 2.76. The Hall–Kier alpha value is -1.01. The number of hydrogen-bond acceptors (Lipinski definition) is 4. The van der Waals surface area contributed by atoms with E-state index < -0.39 is 0 Å². The highest BCUT2D eigenvalue weighted by atomic mass is 79.9. The number of hydrogen-bond donors (Lipinski definition) is 1. The van der Waals surface area contributed by atoms with Crippen LogP contribution in [0.1, 0.15) is 16.8 Å². The largest absolute Gasteiger partial charge is 0.361 e. The van der Waals surface area contributed by atoms with Crippen molar-refractivity contribution in [3.63, 3.8) is 0 Å². The van der Waals surface area contributed by atoms with Gasteiger partial charge in [-0.25, -0.2) is 14.4 Å². The lowest BCUT2D eigenvalue weighted by Gasteiger charge is -2.04. The van der Waals surface area contributed by atoms with E-state index in [1.54, 1.807) is 17.5 Å². The summed E-state index contributed by atoms with van der Waals surface area (Å²) in [5, 5.41) is 3.87. The van der Waals surface area contributed by atoms with Crippen LogP contribution in [0.3, 0.4) is 0 Å². The standard InChI is InChI=1S/C11H11BrFN3S/c1-2-8-5-14-10(17-8)6-16-11-9(13)3-7(12)4-15-11/h3-5H,2,6H2,1H3,(H,15,16). The number of pyridine rings is 1. The van der Waals surface area contributed by atoms with Crippen molar-refractivity contribution in [2.24, 2.45) is 0 Å². The van der Waals surface area contributed by atoms with Gasteiger partial charge in [0.25, 0.3) is 0 Å². The van der Waals surface area contributed by atoms with Gasteiger partial charge in [-0.05, 0) is 28.4 Å². The number of thiazole rings is 1. The molecule has 0 aliphatic heterocycles. The molecule has 0 bridgehead atoms. The first-order chi connectivity index (χ1) is 8.19. The van der Waals surface area contributed by atoms with Crippen LogP contribution in [-0.2, 0) is 13.0 Å². The van der Waals surface area contributed by atoms with E-state index in [9.17, 15) is 4.39 Å². The Balaban J connectivity index is 2.02. The molecule has 1 N–H and O–H groups in total. The van der Waals surface area contributed by atoms with Crippen LogP contribution in [0.4, 0.5) is 10.2 Å². The number of nitrogens with zero attached hydrogens (tertiary/aromatic N) is 2. The molecule has 2 rings (SSSR count). The van der Waals surface area contributed by atoms with Crippen LogP contribution in [-0.4, -0.2) is 9.97 Å². The fourth-order valence-electron chi connectivity index (χ4n) is 1.30. The van der Waals surface area contributed by atoms with Gasteiger partial charge < -0.3 is 5.32 Å². The monoisotopic (exact) mass is 315 g/mol. The second-order valence-electron chi connectivity index (χ2n) is 3.41. The van der Waals surface area contributed by atoms with Crippen LogP contribution in [0.25, 0.3) is 0 Å². The zero-order valence-corrected chi connectivity index (χ0v) is 11.6. The highest BCUT2D eigenvalue weighted by Crippen LogP contribution is 2.18. The van der Waals surface area contributed by atoms with Gasteiger partial charge in [-0.2, -0.15) is 0 Å². The molecule has 0 unspecified atom stereocenters. The molecule has 17 heavy (non-hydrogen) atoms. The number of nitrogens with one attached hydrogen (secondary N) is 1. The van der Waals surface area contributed by atoms with Gasteiger partial charge in [0.1, 0.15) is 5.01 Å². The van der Waals surface area contributed by atoms with Gasteiger partial charge in [0, 0.05) is 21.7 Å². The first kappa shape index (κ1) is 12.4. The van der Waals surface area contributed by atoms with E-state index in [4.69, 9.17) is 0 Å². The SMILES string of the molecule is CCc1cnc(CNc2ncc(Br)cc2F)s1. The first-order valence-corrected chi connectivity index (χ1v) is 6.78. The predicted octanol–water partition coefficient (Wildman–Crippen LogP) is 3.61. The molecule has 0 amide bonds. The van der Waals surface area contributed by atoms with Crippen LogP contribution in [0.2, 0.25) is 0 Å². The third-order valence-electron chi connectivity index (χ3n) is 2.16. The lowest BCUT2D eigenvalue weighted by atomic mass is 10.4. The number of rotatable bonds is 4. The normalized spacial score (nSPS) is 10.5. The maximum absolute atomic E-state index is 13.5. The molecule has 90 valence electrons. The Kier molecular flexibility index (Phi) is 4.06. The van der Waals surface area contributed by atoms with Gasteiger partial charge in [-0.1, -0.05) is 6.92 Å². The summed E-state index contributed by atoms with van der Waals surface area (Å²) < 4.78 is 14.1. The Morgan fingerprint density at radius 2 is 2.24 bits per heavy atom. The van der Waals surface area contributed by atoms with E-state index in [0.29, 0.717) is 11.0 Å². The van der Waals surface area contributed by atoms with Gasteiger partial charge >= 0.3 is 0 Å². The number of aromatic nitrogens is 2. The minimum atomic E-state index is -0.369. The maximum Gasteiger partial charge on any atom is 0.166 e. The van der Waals surface area contributed by atoms with Crippen molar-refractivity contribution < 1.29 is 4.39 Å². The number of halogens is 2. The van der Waals surface area contributed by atoms with E-state index in [2.05, 4.69) is 38.1 Å². The second kappa shape index (κ2) is 5.55. The highest BCUT2D eigenvalue weighted by Gasteiger charge is 2.05. The molecule has 0 radical (unpaired) electrons. The molecule has 0 saturated carbocycles. The molecule has 0 aliphatic carbocycles. The Labute approximate surface area is 111 Å². The summed E-state index contributed by atoms with van der Waals surface area (Å²) in [7, 11) is 0. The highest BCUT2D eigenvalue weighted by molar-refractivity contribution is 9.10. The van der Waals surface area contributed by atoms with Crippen LogP contribution in [0, 0.1) is 5.82 Å². The van der Waals surface area contributed by atoms with Crippen LogP contribution in [0.5, 0.6) is 0 Å². The Morgan fingerprint density at radius 3 is 2.88 bits per heavy atom. The van der Waals surface area contributed by atoms with E-state index in [1.165, 1.54) is 10.9 Å². The van der Waals surface area contributed by atoms with E-state index in [-0.39, 0.29) is 11.6 Å². The third-order valence-corrected chi connectivity index (χ3v) is 3.74. The fraction of sp³-hybridized carbons (Fsp3) is 0.273. The second-order valence-corrected chi connectivity index (χ2v) is 5.53. The topological polar surface area (TPSA) is 37.8 Å². The van der Waals surface area contributed by atoms with Crippen molar-refractivity contribution >= 4 is 33.1 Å². The molecule has 2 aromatic heterocycles. The zero-order valence-electron chi connectivity index (χ0n) is 9.20. The quantitative estimate of drug-likeness (QED) is 0.936. The fourth-order valence-corrected chi connectivity index (χ4v) is 2.40. The molecular formula is C11H11BrFN3S. The zero-order chi connectivity index (χ0) is 12.3. The molecule has 0 saturated heterocycles. The molecule has 2 heterocycles. The van der Waals surface area contributed by atoms with Crippen molar-refractivity contribution in [2.45, 2.75) is 19.9 Å². The predicted molar refractivity (Wildman–Crippen MR) is 70.7 cm³/mol. The summed E-state index contributed by atoms with van der Waals surface area (Å²) in [5.41, 5.74) is 0. The van der Waals surface area contributed by atoms with Gasteiger partial charge in [-0.3, -0.25) is 0 Å². The van der Waals surface area contributed by atoms with Crippen molar-refractivity contribution in [3.05, 3.63) is 38.6 Å². The van der Waals surface area contributed by atoms with Crippen molar-refractivity contribution in [2.75, 3.05) is 5.32 Å². The molecule has 0 atom stereocenters. The molecule has 0 aliphatic rings. The molecule has 0 aromatic carbocycles. The molecule has 0 spiro atoms. The van der Waals surface area contributed by atoms with Gasteiger partial charge in [0.2, 0.25) is 0 Å². The summed E-state index contributed by atoms with van der Waals surface area (Å²) in [6.07, 6.45) is 4.39. The first-order valence-electron chi connectivity index (χ1n) is 5.17. The van der Waals surface area contributed by atoms with E-state index in [1.807, 2.05) is 6.20 Å². The minimum Gasteiger partial charge on any atom is -0.361 e. The van der Waals surface area contributed by atoms with Crippen LogP contribution < -0.4 is 5.32 Å². The summed E-state index contributed by atoms with van der Waals surface area (Å²) in [6, 6.07) is 1.38. The molecule has 0 fully saturated rings. The molecule has 3 nitrogen and oxygen atoms in total. The van der Waals surface area contributed by atoms with E-state index in [0.717, 1.165) is 11.4 Å². The van der Waals surface area contributed by atoms with E-state index >= 15 is 0 Å². The Bertz CT molecular complexity index is 515. The Morgan fingerprint density at radius 1 is 1.41 bits per heavy atom. The summed E-state index contributed by atoms with van der Waals surface area (Å²) in [5.74, 6) is -0.118. The summed E-state index contributed by atoms with van der Waals surface area (Å²) in [4.78, 5) is 9.44. The number of anilines is 1. The molecular weight excluding hydrogens is 305 g/mol. The number of aryl methyl sites for hydroxylation is 1. The maximum atomic E-state index is 13.5. The van der Waals surface area contributed by atoms with Gasteiger partial charge in [-0.15, -0.1) is 11.3 Å². The van der Waals surface area contributed by atoms with Crippen LogP contribution in [0.15, 0.2) is 22.9 Å². The third kappa shape index (κ3) is 3.23. The molecule has 6 heteroatoms. The van der Waals surface area contributed by atoms with Crippen molar-refractivity contribution in [3.8, 4) is 0 Å². The lowest BCUT2D eigenvalue weighted by molar-refractivity contribution is 0.623. The minimum absolute atomic E-state index is 0.251.